The van der Waals surface area contributed by atoms with E-state index in [0.717, 1.165) is 10.2 Å². The largest absolute Gasteiger partial charge is 0.494 e. The SMILES string of the molecule is COc1cc(NC(=S)Nc2ccc(Cl)cc2)c(OC)cc1NC(=O)c1ccc(Br)cc1. The first kappa shape index (κ1) is 22.9. The van der Waals surface area contributed by atoms with E-state index in [1.807, 2.05) is 12.1 Å². The lowest BCUT2D eigenvalue weighted by Gasteiger charge is -2.17. The Morgan fingerprint density at radius 2 is 1.42 bits per heavy atom. The van der Waals surface area contributed by atoms with Crippen LogP contribution in [-0.2, 0) is 0 Å². The number of methoxy groups -OCH3 is 2. The van der Waals surface area contributed by atoms with Gasteiger partial charge in [-0.25, -0.2) is 0 Å². The highest BCUT2D eigenvalue weighted by molar-refractivity contribution is 9.10. The second-order valence-electron chi connectivity index (χ2n) is 6.30. The zero-order valence-electron chi connectivity index (χ0n) is 16.7. The normalized spacial score (nSPS) is 10.2. The first-order chi connectivity index (χ1) is 14.9. The molecule has 0 unspecified atom stereocenters. The summed E-state index contributed by atoms with van der Waals surface area (Å²) in [7, 11) is 3.05. The van der Waals surface area contributed by atoms with Crippen molar-refractivity contribution in [1.82, 2.24) is 0 Å². The van der Waals surface area contributed by atoms with Gasteiger partial charge >= 0.3 is 0 Å². The fourth-order valence-corrected chi connectivity index (χ4v) is 3.32. The van der Waals surface area contributed by atoms with Gasteiger partial charge in [-0.05, 0) is 60.7 Å². The molecule has 3 rings (SSSR count). The van der Waals surface area contributed by atoms with Crippen LogP contribution in [0.4, 0.5) is 17.1 Å². The Kier molecular flexibility index (Phi) is 7.73. The fraction of sp³-hybridized carbons (Fsp3) is 0.0909. The van der Waals surface area contributed by atoms with Crippen LogP contribution in [0, 0.1) is 0 Å². The number of benzene rings is 3. The lowest BCUT2D eigenvalue weighted by atomic mass is 10.2. The number of anilines is 3. The molecule has 1 amide bonds. The van der Waals surface area contributed by atoms with Gasteiger partial charge < -0.3 is 25.4 Å². The van der Waals surface area contributed by atoms with Gasteiger partial charge in [0.25, 0.3) is 5.91 Å². The van der Waals surface area contributed by atoms with E-state index in [4.69, 9.17) is 33.3 Å². The molecule has 3 aromatic carbocycles. The summed E-state index contributed by atoms with van der Waals surface area (Å²) < 4.78 is 11.8. The Morgan fingerprint density at radius 1 is 0.871 bits per heavy atom. The van der Waals surface area contributed by atoms with Crippen LogP contribution in [0.25, 0.3) is 0 Å². The van der Waals surface area contributed by atoms with Crippen LogP contribution in [-0.4, -0.2) is 25.2 Å². The number of hydrogen-bond acceptors (Lipinski definition) is 4. The number of halogens is 2. The number of amides is 1. The van der Waals surface area contributed by atoms with Crippen LogP contribution >= 0.6 is 39.7 Å². The van der Waals surface area contributed by atoms with Crippen molar-refractivity contribution >= 4 is 67.8 Å². The maximum atomic E-state index is 12.6. The Bertz CT molecular complexity index is 1090. The summed E-state index contributed by atoms with van der Waals surface area (Å²) in [6.07, 6.45) is 0. The first-order valence-corrected chi connectivity index (χ1v) is 10.6. The summed E-state index contributed by atoms with van der Waals surface area (Å²) in [4.78, 5) is 12.6. The number of ether oxygens (including phenoxy) is 2. The van der Waals surface area contributed by atoms with E-state index in [0.29, 0.717) is 38.6 Å². The molecule has 0 spiro atoms. The molecule has 0 bridgehead atoms. The summed E-state index contributed by atoms with van der Waals surface area (Å²) in [5, 5.41) is 9.99. The number of hydrogen-bond donors (Lipinski definition) is 3. The Hall–Kier alpha value is -2.81. The number of rotatable bonds is 6. The molecule has 0 aliphatic carbocycles. The van der Waals surface area contributed by atoms with Crippen molar-refractivity contribution < 1.29 is 14.3 Å². The number of thiocarbonyl (C=S) groups is 1. The number of carbonyl (C=O) groups is 1. The lowest BCUT2D eigenvalue weighted by Crippen LogP contribution is -2.20. The molecule has 0 aromatic heterocycles. The third kappa shape index (κ3) is 6.10. The van der Waals surface area contributed by atoms with E-state index in [1.54, 1.807) is 48.5 Å². The predicted molar refractivity (Wildman–Crippen MR) is 133 cm³/mol. The third-order valence-electron chi connectivity index (χ3n) is 4.23. The monoisotopic (exact) mass is 519 g/mol. The van der Waals surface area contributed by atoms with Crippen LogP contribution in [0.15, 0.2) is 65.1 Å². The molecule has 0 heterocycles. The molecule has 0 fully saturated rings. The van der Waals surface area contributed by atoms with Gasteiger partial charge in [-0.1, -0.05) is 27.5 Å². The Morgan fingerprint density at radius 3 is 1.97 bits per heavy atom. The Balaban J connectivity index is 1.79. The summed E-state index contributed by atoms with van der Waals surface area (Å²) >= 11 is 14.7. The maximum Gasteiger partial charge on any atom is 0.255 e. The third-order valence-corrected chi connectivity index (χ3v) is 5.21. The minimum Gasteiger partial charge on any atom is -0.494 e. The van der Waals surface area contributed by atoms with Crippen molar-refractivity contribution in [2.45, 2.75) is 0 Å². The van der Waals surface area contributed by atoms with E-state index >= 15 is 0 Å². The first-order valence-electron chi connectivity index (χ1n) is 9.06. The molecule has 0 aliphatic heterocycles. The van der Waals surface area contributed by atoms with Crippen molar-refractivity contribution in [3.63, 3.8) is 0 Å². The maximum absolute atomic E-state index is 12.6. The second-order valence-corrected chi connectivity index (χ2v) is 8.06. The summed E-state index contributed by atoms with van der Waals surface area (Å²) in [6.45, 7) is 0. The van der Waals surface area contributed by atoms with Gasteiger partial charge in [-0.15, -0.1) is 0 Å². The summed E-state index contributed by atoms with van der Waals surface area (Å²) in [6, 6.07) is 17.6. The molecule has 9 heteroatoms. The van der Waals surface area contributed by atoms with Crippen molar-refractivity contribution in [3.8, 4) is 11.5 Å². The smallest absolute Gasteiger partial charge is 0.255 e. The standard InChI is InChI=1S/C22H19BrClN3O3S/c1-29-19-12-18(27-22(31)25-16-9-7-15(24)8-10-16)20(30-2)11-17(19)26-21(28)13-3-5-14(23)6-4-13/h3-12H,1-2H3,(H,26,28)(H2,25,27,31). The molecule has 3 N–H and O–H groups in total. The quantitative estimate of drug-likeness (QED) is 0.337. The van der Waals surface area contributed by atoms with Gasteiger partial charge in [0.05, 0.1) is 25.6 Å². The topological polar surface area (TPSA) is 71.6 Å². The average Bonchev–Trinajstić information content (AvgIpc) is 2.76. The molecule has 0 atom stereocenters. The van der Waals surface area contributed by atoms with Crippen molar-refractivity contribution in [3.05, 3.63) is 75.7 Å². The fourth-order valence-electron chi connectivity index (χ4n) is 2.71. The van der Waals surface area contributed by atoms with Crippen LogP contribution in [0.3, 0.4) is 0 Å². The van der Waals surface area contributed by atoms with Gasteiger partial charge in [-0.2, -0.15) is 0 Å². The van der Waals surface area contributed by atoms with Crippen molar-refractivity contribution in [2.75, 3.05) is 30.2 Å². The molecule has 31 heavy (non-hydrogen) atoms. The average molecular weight is 521 g/mol. The molecule has 160 valence electrons. The van der Waals surface area contributed by atoms with E-state index in [9.17, 15) is 4.79 Å². The van der Waals surface area contributed by atoms with E-state index in [1.165, 1.54) is 14.2 Å². The van der Waals surface area contributed by atoms with Crippen LogP contribution in [0.5, 0.6) is 11.5 Å². The lowest BCUT2D eigenvalue weighted by molar-refractivity contribution is 0.102. The molecule has 0 aliphatic rings. The van der Waals surface area contributed by atoms with E-state index in [-0.39, 0.29) is 5.91 Å². The van der Waals surface area contributed by atoms with Crippen LogP contribution in [0.2, 0.25) is 5.02 Å². The van der Waals surface area contributed by atoms with Gasteiger partial charge in [0, 0.05) is 32.9 Å². The zero-order valence-corrected chi connectivity index (χ0v) is 19.8. The highest BCUT2D eigenvalue weighted by Gasteiger charge is 2.15. The molecule has 0 saturated heterocycles. The molecular formula is C22H19BrClN3O3S. The van der Waals surface area contributed by atoms with E-state index in [2.05, 4.69) is 31.9 Å². The second kappa shape index (κ2) is 10.5. The van der Waals surface area contributed by atoms with Crippen LogP contribution < -0.4 is 25.4 Å². The molecule has 0 radical (unpaired) electrons. The van der Waals surface area contributed by atoms with Crippen molar-refractivity contribution in [1.29, 1.82) is 0 Å². The molecule has 6 nitrogen and oxygen atoms in total. The minimum atomic E-state index is -0.270. The highest BCUT2D eigenvalue weighted by Crippen LogP contribution is 2.36. The van der Waals surface area contributed by atoms with Gasteiger partial charge in [-0.3, -0.25) is 4.79 Å². The number of carbonyl (C=O) groups excluding carboxylic acids is 1. The summed E-state index contributed by atoms with van der Waals surface area (Å²) in [5.41, 5.74) is 2.34. The van der Waals surface area contributed by atoms with Gasteiger partial charge in [0.2, 0.25) is 0 Å². The predicted octanol–water partition coefficient (Wildman–Crippen LogP) is 6.18. The van der Waals surface area contributed by atoms with Gasteiger partial charge in [0.1, 0.15) is 11.5 Å². The zero-order chi connectivity index (χ0) is 22.4. The summed E-state index contributed by atoms with van der Waals surface area (Å²) in [5.74, 6) is 0.656. The van der Waals surface area contributed by atoms with Crippen LogP contribution in [0.1, 0.15) is 10.4 Å². The minimum absolute atomic E-state index is 0.270. The Labute approximate surface area is 199 Å². The van der Waals surface area contributed by atoms with Crippen molar-refractivity contribution in [2.24, 2.45) is 0 Å². The van der Waals surface area contributed by atoms with Gasteiger partial charge in [0.15, 0.2) is 5.11 Å². The molecular weight excluding hydrogens is 502 g/mol. The molecule has 0 saturated carbocycles. The highest BCUT2D eigenvalue weighted by atomic mass is 79.9. The number of nitrogens with one attached hydrogen (secondary N) is 3. The van der Waals surface area contributed by atoms with E-state index < -0.39 is 0 Å². The molecule has 3 aromatic rings.